The van der Waals surface area contributed by atoms with Crippen molar-refractivity contribution in [2.24, 2.45) is 0 Å². The zero-order valence-electron chi connectivity index (χ0n) is 20.2. The minimum absolute atomic E-state index is 0.0494. The first-order valence-electron chi connectivity index (χ1n) is 11.9. The Morgan fingerprint density at radius 3 is 1.88 bits per heavy atom. The van der Waals surface area contributed by atoms with Gasteiger partial charge in [0.25, 0.3) is 0 Å². The number of benzene rings is 3. The molecule has 5 heteroatoms. The van der Waals surface area contributed by atoms with Gasteiger partial charge in [-0.1, -0.05) is 79.7 Å². The number of likely N-dealkylation sites (N-methyl/N-ethyl adjacent to an activating group) is 1. The van der Waals surface area contributed by atoms with Gasteiger partial charge in [-0.15, -0.1) is 0 Å². The largest absolute Gasteiger partial charge is 0.497 e. The highest BCUT2D eigenvalue weighted by Crippen LogP contribution is 2.29. The van der Waals surface area contributed by atoms with Gasteiger partial charge in [-0.25, -0.2) is 0 Å². The first kappa shape index (κ1) is 25.0. The van der Waals surface area contributed by atoms with Crippen molar-refractivity contribution in [2.75, 3.05) is 13.7 Å². The van der Waals surface area contributed by atoms with Crippen LogP contribution in [0.25, 0.3) is 0 Å². The number of nitrogens with one attached hydrogen (secondary N) is 1. The second-order valence-electron chi connectivity index (χ2n) is 8.27. The number of carbonyl (C=O) groups excluding carboxylic acids is 2. The second kappa shape index (κ2) is 12.6. The second-order valence-corrected chi connectivity index (χ2v) is 8.27. The Bertz CT molecular complexity index is 996. The van der Waals surface area contributed by atoms with Crippen molar-refractivity contribution in [3.8, 4) is 5.75 Å². The van der Waals surface area contributed by atoms with Crippen molar-refractivity contribution >= 4 is 11.8 Å². The van der Waals surface area contributed by atoms with E-state index >= 15 is 0 Å². The van der Waals surface area contributed by atoms with Crippen LogP contribution in [-0.2, 0) is 16.1 Å². The van der Waals surface area contributed by atoms with Gasteiger partial charge in [0.2, 0.25) is 11.8 Å². The quantitative estimate of drug-likeness (QED) is 0.432. The third-order valence-electron chi connectivity index (χ3n) is 6.03. The summed E-state index contributed by atoms with van der Waals surface area (Å²) in [5.74, 6) is 0.486. The average Bonchev–Trinajstić information content (AvgIpc) is 2.88. The molecule has 0 aliphatic heterocycles. The normalized spacial score (nSPS) is 11.6. The Morgan fingerprint density at radius 2 is 1.41 bits per heavy atom. The Kier molecular flexibility index (Phi) is 9.27. The van der Waals surface area contributed by atoms with E-state index in [0.29, 0.717) is 19.5 Å². The highest BCUT2D eigenvalue weighted by molar-refractivity contribution is 5.88. The molecule has 34 heavy (non-hydrogen) atoms. The third-order valence-corrected chi connectivity index (χ3v) is 6.03. The molecular weight excluding hydrogens is 424 g/mol. The lowest BCUT2D eigenvalue weighted by Crippen LogP contribution is -2.49. The van der Waals surface area contributed by atoms with Crippen LogP contribution in [0.3, 0.4) is 0 Å². The minimum Gasteiger partial charge on any atom is -0.497 e. The SMILES string of the molecule is CCNC(=O)C(CC)N(Cc1ccc(OC)cc1)C(=O)CC(c1ccccc1)c1ccccc1. The predicted molar refractivity (Wildman–Crippen MR) is 136 cm³/mol. The maximum Gasteiger partial charge on any atom is 0.242 e. The summed E-state index contributed by atoms with van der Waals surface area (Å²) in [7, 11) is 1.63. The Labute approximate surface area is 202 Å². The van der Waals surface area contributed by atoms with Crippen LogP contribution in [0.2, 0.25) is 0 Å². The van der Waals surface area contributed by atoms with Crippen LogP contribution in [0.5, 0.6) is 5.75 Å². The van der Waals surface area contributed by atoms with E-state index in [4.69, 9.17) is 4.74 Å². The summed E-state index contributed by atoms with van der Waals surface area (Å²) in [6, 6.07) is 27.2. The van der Waals surface area contributed by atoms with Crippen molar-refractivity contribution in [1.29, 1.82) is 0 Å². The number of ether oxygens (including phenoxy) is 1. The first-order valence-corrected chi connectivity index (χ1v) is 11.9. The maximum absolute atomic E-state index is 13.9. The number of methoxy groups -OCH3 is 1. The van der Waals surface area contributed by atoms with Gasteiger partial charge in [-0.05, 0) is 42.2 Å². The van der Waals surface area contributed by atoms with E-state index in [1.54, 1.807) is 12.0 Å². The molecule has 5 nitrogen and oxygen atoms in total. The molecule has 3 aromatic carbocycles. The fourth-order valence-electron chi connectivity index (χ4n) is 4.23. The van der Waals surface area contributed by atoms with Gasteiger partial charge in [0.05, 0.1) is 7.11 Å². The lowest BCUT2D eigenvalue weighted by atomic mass is 9.88. The summed E-state index contributed by atoms with van der Waals surface area (Å²) in [6.07, 6.45) is 0.815. The summed E-state index contributed by atoms with van der Waals surface area (Å²) in [6.45, 7) is 4.71. The monoisotopic (exact) mass is 458 g/mol. The molecule has 0 fully saturated rings. The predicted octanol–water partition coefficient (Wildman–Crippen LogP) is 5.16. The molecule has 0 aliphatic carbocycles. The number of carbonyl (C=O) groups is 2. The number of amides is 2. The summed E-state index contributed by atoms with van der Waals surface area (Å²) >= 11 is 0. The molecule has 1 unspecified atom stereocenters. The molecule has 0 spiro atoms. The van der Waals surface area contributed by atoms with Crippen LogP contribution >= 0.6 is 0 Å². The lowest BCUT2D eigenvalue weighted by Gasteiger charge is -2.32. The lowest BCUT2D eigenvalue weighted by molar-refractivity contribution is -0.141. The molecule has 0 bridgehead atoms. The van der Waals surface area contributed by atoms with Crippen molar-refractivity contribution in [3.05, 3.63) is 102 Å². The van der Waals surface area contributed by atoms with E-state index < -0.39 is 6.04 Å². The number of nitrogens with zero attached hydrogens (tertiary/aromatic N) is 1. The van der Waals surface area contributed by atoms with E-state index in [1.165, 1.54) is 0 Å². The van der Waals surface area contributed by atoms with Crippen LogP contribution in [-0.4, -0.2) is 36.4 Å². The molecule has 3 rings (SSSR count). The minimum atomic E-state index is -0.540. The molecule has 3 aromatic rings. The van der Waals surface area contributed by atoms with Crippen LogP contribution in [0, 0.1) is 0 Å². The molecule has 1 N–H and O–H groups in total. The molecule has 0 radical (unpaired) electrons. The van der Waals surface area contributed by atoms with E-state index in [2.05, 4.69) is 29.6 Å². The summed E-state index contributed by atoms with van der Waals surface area (Å²) < 4.78 is 5.27. The molecule has 178 valence electrons. The van der Waals surface area contributed by atoms with Gasteiger partial charge in [0, 0.05) is 25.4 Å². The van der Waals surface area contributed by atoms with Gasteiger partial charge in [-0.2, -0.15) is 0 Å². The van der Waals surface area contributed by atoms with E-state index in [1.807, 2.05) is 74.5 Å². The molecule has 0 aliphatic rings. The highest BCUT2D eigenvalue weighted by atomic mass is 16.5. The third kappa shape index (κ3) is 6.47. The van der Waals surface area contributed by atoms with Gasteiger partial charge < -0.3 is 15.0 Å². The zero-order chi connectivity index (χ0) is 24.3. The summed E-state index contributed by atoms with van der Waals surface area (Å²) in [5.41, 5.74) is 3.11. The van der Waals surface area contributed by atoms with Crippen LogP contribution < -0.4 is 10.1 Å². The molecule has 0 aromatic heterocycles. The standard InChI is InChI=1S/C29H34N2O3/c1-4-27(29(33)30-5-2)31(21-22-16-18-25(34-3)19-17-22)28(32)20-26(23-12-8-6-9-13-23)24-14-10-7-11-15-24/h6-19,26-27H,4-5,20-21H2,1-3H3,(H,30,33). The Hall–Kier alpha value is -3.60. The van der Waals surface area contributed by atoms with E-state index in [0.717, 1.165) is 22.4 Å². The number of hydrogen-bond acceptors (Lipinski definition) is 3. The van der Waals surface area contributed by atoms with Gasteiger partial charge >= 0.3 is 0 Å². The molecule has 0 saturated heterocycles. The molecule has 2 amide bonds. The van der Waals surface area contributed by atoms with Gasteiger partial charge in [0.15, 0.2) is 0 Å². The van der Waals surface area contributed by atoms with Crippen LogP contribution in [0.1, 0.15) is 49.3 Å². The molecule has 0 heterocycles. The maximum atomic E-state index is 13.9. The molecular formula is C29H34N2O3. The highest BCUT2D eigenvalue weighted by Gasteiger charge is 2.30. The van der Waals surface area contributed by atoms with Crippen molar-refractivity contribution in [1.82, 2.24) is 10.2 Å². The van der Waals surface area contributed by atoms with Gasteiger partial charge in [0.1, 0.15) is 11.8 Å². The smallest absolute Gasteiger partial charge is 0.242 e. The average molecular weight is 459 g/mol. The van der Waals surface area contributed by atoms with Crippen LogP contribution in [0.15, 0.2) is 84.9 Å². The zero-order valence-corrected chi connectivity index (χ0v) is 20.2. The van der Waals surface area contributed by atoms with Crippen molar-refractivity contribution in [3.63, 3.8) is 0 Å². The van der Waals surface area contributed by atoms with Crippen molar-refractivity contribution in [2.45, 2.75) is 45.2 Å². The Balaban J connectivity index is 1.93. The summed E-state index contributed by atoms with van der Waals surface area (Å²) in [4.78, 5) is 28.5. The van der Waals surface area contributed by atoms with E-state index in [9.17, 15) is 9.59 Å². The topological polar surface area (TPSA) is 58.6 Å². The fourth-order valence-corrected chi connectivity index (χ4v) is 4.23. The summed E-state index contributed by atoms with van der Waals surface area (Å²) in [5, 5.41) is 2.90. The molecule has 1 atom stereocenters. The molecule has 0 saturated carbocycles. The number of hydrogen-bond donors (Lipinski definition) is 1. The Morgan fingerprint density at radius 1 is 0.853 bits per heavy atom. The first-order chi connectivity index (χ1) is 16.6. The fraction of sp³-hybridized carbons (Fsp3) is 0.310. The van der Waals surface area contributed by atoms with Crippen molar-refractivity contribution < 1.29 is 14.3 Å². The van der Waals surface area contributed by atoms with E-state index in [-0.39, 0.29) is 24.2 Å². The van der Waals surface area contributed by atoms with Gasteiger partial charge in [-0.3, -0.25) is 9.59 Å². The number of rotatable bonds is 11. The van der Waals surface area contributed by atoms with Crippen LogP contribution in [0.4, 0.5) is 0 Å².